The fraction of sp³-hybridized carbons (Fsp3) is 0.385. The average Bonchev–Trinajstić information content (AvgIpc) is 3.04. The third-order valence-corrected chi connectivity index (χ3v) is 5.55. The number of nitrogens with zero attached hydrogens (tertiary/aromatic N) is 2. The number of hydrogen-bond acceptors (Lipinski definition) is 5. The van der Waals surface area contributed by atoms with Crippen molar-refractivity contribution < 1.29 is 19.4 Å². The Balaban J connectivity index is 1.95. The Kier molecular flexibility index (Phi) is 8.06. The first kappa shape index (κ1) is 23.5. The van der Waals surface area contributed by atoms with Gasteiger partial charge in [-0.3, -0.25) is 9.59 Å². The molecular weight excluding hydrogens is 404 g/mol. The second kappa shape index (κ2) is 11.0. The van der Waals surface area contributed by atoms with Crippen LogP contribution >= 0.6 is 0 Å². The van der Waals surface area contributed by atoms with Crippen molar-refractivity contribution in [1.29, 1.82) is 0 Å². The molecule has 170 valence electrons. The molecule has 6 nitrogen and oxygen atoms in total. The van der Waals surface area contributed by atoms with E-state index in [1.54, 1.807) is 29.2 Å². The molecule has 1 heterocycles. The molecule has 0 spiro atoms. The Morgan fingerprint density at radius 1 is 1.03 bits per heavy atom. The molecule has 1 aliphatic rings. The van der Waals surface area contributed by atoms with Crippen LogP contribution in [0.1, 0.15) is 43.4 Å². The molecule has 1 aliphatic heterocycles. The summed E-state index contributed by atoms with van der Waals surface area (Å²) in [6, 6.07) is 15.8. The maximum atomic E-state index is 13.0. The summed E-state index contributed by atoms with van der Waals surface area (Å²) in [5.41, 5.74) is 1.42. The molecule has 2 aromatic rings. The van der Waals surface area contributed by atoms with Crippen LogP contribution in [0, 0.1) is 0 Å². The van der Waals surface area contributed by atoms with Gasteiger partial charge in [-0.05, 0) is 63.3 Å². The lowest BCUT2D eigenvalue weighted by Crippen LogP contribution is -2.32. The Labute approximate surface area is 190 Å². The number of amides is 1. The number of unbranched alkanes of at least 4 members (excludes halogenated alkanes) is 1. The van der Waals surface area contributed by atoms with Crippen LogP contribution in [0.25, 0.3) is 5.76 Å². The SMILES string of the molecule is CCCCOc1ccc(/C(O)=C2\C(=O)C(=O)N(CCCN(C)C)[C@@H]2c2ccccc2)cc1. The van der Waals surface area contributed by atoms with Gasteiger partial charge in [-0.2, -0.15) is 0 Å². The summed E-state index contributed by atoms with van der Waals surface area (Å²) in [4.78, 5) is 29.5. The smallest absolute Gasteiger partial charge is 0.295 e. The highest BCUT2D eigenvalue weighted by Crippen LogP contribution is 2.39. The van der Waals surface area contributed by atoms with Gasteiger partial charge in [0.05, 0.1) is 18.2 Å². The van der Waals surface area contributed by atoms with E-state index in [1.807, 2.05) is 49.3 Å². The van der Waals surface area contributed by atoms with Crippen LogP contribution in [0.5, 0.6) is 5.75 Å². The lowest BCUT2D eigenvalue weighted by Gasteiger charge is -2.26. The number of likely N-dealkylation sites (tertiary alicyclic amines) is 1. The van der Waals surface area contributed by atoms with Crippen molar-refractivity contribution in [3.8, 4) is 5.75 Å². The molecule has 2 aromatic carbocycles. The van der Waals surface area contributed by atoms with Gasteiger partial charge in [0.25, 0.3) is 11.7 Å². The van der Waals surface area contributed by atoms with Crippen LogP contribution in [0.3, 0.4) is 0 Å². The molecule has 1 atom stereocenters. The zero-order valence-corrected chi connectivity index (χ0v) is 19.1. The Bertz CT molecular complexity index is 952. The molecule has 6 heteroatoms. The van der Waals surface area contributed by atoms with E-state index in [0.717, 1.165) is 31.4 Å². The Hall–Kier alpha value is -3.12. The molecule has 0 saturated carbocycles. The molecule has 0 aliphatic carbocycles. The van der Waals surface area contributed by atoms with E-state index < -0.39 is 17.7 Å². The molecule has 0 unspecified atom stereocenters. The maximum Gasteiger partial charge on any atom is 0.295 e. The lowest BCUT2D eigenvalue weighted by atomic mass is 9.95. The van der Waals surface area contributed by atoms with Gasteiger partial charge in [-0.1, -0.05) is 43.7 Å². The summed E-state index contributed by atoms with van der Waals surface area (Å²) in [7, 11) is 3.94. The molecular formula is C26H32N2O4. The van der Waals surface area contributed by atoms with Crippen molar-refractivity contribution in [3.63, 3.8) is 0 Å². The number of rotatable bonds is 10. The number of Topliss-reactive ketones (excluding diaryl/α,β-unsaturated/α-hetero) is 1. The second-order valence-corrected chi connectivity index (χ2v) is 8.29. The van der Waals surface area contributed by atoms with E-state index >= 15 is 0 Å². The number of ether oxygens (including phenoxy) is 1. The van der Waals surface area contributed by atoms with Gasteiger partial charge in [0.2, 0.25) is 0 Å². The normalized spacial score (nSPS) is 17.9. The number of ketones is 1. The maximum absolute atomic E-state index is 13.0. The minimum Gasteiger partial charge on any atom is -0.507 e. The number of aliphatic hydroxyl groups is 1. The van der Waals surface area contributed by atoms with Crippen LogP contribution in [0.15, 0.2) is 60.2 Å². The minimum atomic E-state index is -0.649. The molecule has 32 heavy (non-hydrogen) atoms. The Morgan fingerprint density at radius 2 is 1.72 bits per heavy atom. The topological polar surface area (TPSA) is 70.1 Å². The van der Waals surface area contributed by atoms with E-state index in [9.17, 15) is 14.7 Å². The minimum absolute atomic E-state index is 0.130. The number of aliphatic hydroxyl groups excluding tert-OH is 1. The quantitative estimate of drug-likeness (QED) is 0.261. The van der Waals surface area contributed by atoms with Gasteiger partial charge in [0.1, 0.15) is 11.5 Å². The van der Waals surface area contributed by atoms with Gasteiger partial charge in [-0.25, -0.2) is 0 Å². The van der Waals surface area contributed by atoms with E-state index in [2.05, 4.69) is 6.92 Å². The van der Waals surface area contributed by atoms with Crippen LogP contribution in [0.4, 0.5) is 0 Å². The third kappa shape index (κ3) is 5.37. The van der Waals surface area contributed by atoms with Crippen LogP contribution in [-0.4, -0.2) is 60.4 Å². The summed E-state index contributed by atoms with van der Waals surface area (Å²) in [5.74, 6) is -0.672. The predicted octanol–water partition coefficient (Wildman–Crippen LogP) is 4.24. The van der Waals surface area contributed by atoms with Crippen molar-refractivity contribution in [2.45, 2.75) is 32.2 Å². The zero-order valence-electron chi connectivity index (χ0n) is 19.1. The van der Waals surface area contributed by atoms with Gasteiger partial charge < -0.3 is 19.6 Å². The van der Waals surface area contributed by atoms with Crippen molar-refractivity contribution in [1.82, 2.24) is 9.80 Å². The molecule has 0 bridgehead atoms. The molecule has 1 fully saturated rings. The predicted molar refractivity (Wildman–Crippen MR) is 125 cm³/mol. The van der Waals surface area contributed by atoms with Gasteiger partial charge in [0.15, 0.2) is 0 Å². The van der Waals surface area contributed by atoms with Crippen molar-refractivity contribution in [3.05, 3.63) is 71.3 Å². The number of hydrogen-bond donors (Lipinski definition) is 1. The van der Waals surface area contributed by atoms with E-state index in [1.165, 1.54) is 0 Å². The summed E-state index contributed by atoms with van der Waals surface area (Å²) in [6.45, 7) is 3.96. The fourth-order valence-electron chi connectivity index (χ4n) is 3.85. The van der Waals surface area contributed by atoms with Crippen molar-refractivity contribution in [2.75, 3.05) is 33.8 Å². The van der Waals surface area contributed by atoms with E-state index in [4.69, 9.17) is 4.74 Å². The first-order chi connectivity index (χ1) is 15.4. The van der Waals surface area contributed by atoms with Gasteiger partial charge in [-0.15, -0.1) is 0 Å². The third-order valence-electron chi connectivity index (χ3n) is 5.55. The van der Waals surface area contributed by atoms with Gasteiger partial charge >= 0.3 is 0 Å². The molecule has 0 aromatic heterocycles. The van der Waals surface area contributed by atoms with Crippen molar-refractivity contribution >= 4 is 17.4 Å². The van der Waals surface area contributed by atoms with E-state index in [0.29, 0.717) is 24.5 Å². The summed E-state index contributed by atoms with van der Waals surface area (Å²) in [5, 5.41) is 11.1. The molecule has 1 saturated heterocycles. The van der Waals surface area contributed by atoms with Crippen LogP contribution < -0.4 is 4.74 Å². The second-order valence-electron chi connectivity index (χ2n) is 8.29. The first-order valence-corrected chi connectivity index (χ1v) is 11.1. The van der Waals surface area contributed by atoms with Gasteiger partial charge in [0, 0.05) is 12.1 Å². The molecule has 1 N–H and O–H groups in total. The summed E-state index contributed by atoms with van der Waals surface area (Å²) >= 11 is 0. The lowest BCUT2D eigenvalue weighted by molar-refractivity contribution is -0.139. The van der Waals surface area contributed by atoms with Crippen LogP contribution in [0.2, 0.25) is 0 Å². The molecule has 1 amide bonds. The number of benzene rings is 2. The molecule has 0 radical (unpaired) electrons. The summed E-state index contributed by atoms with van der Waals surface area (Å²) < 4.78 is 5.68. The standard InChI is InChI=1S/C26H32N2O4/c1-4-5-18-32-21-14-12-20(13-15-21)24(29)22-23(19-10-7-6-8-11-19)28(26(31)25(22)30)17-9-16-27(2)3/h6-8,10-15,23,29H,4-5,9,16-18H2,1-3H3/b24-22+/t23-/m1/s1. The summed E-state index contributed by atoms with van der Waals surface area (Å²) in [6.07, 6.45) is 2.75. The first-order valence-electron chi connectivity index (χ1n) is 11.1. The average molecular weight is 437 g/mol. The highest BCUT2D eigenvalue weighted by molar-refractivity contribution is 6.46. The number of carbonyl (C=O) groups is 2. The highest BCUT2D eigenvalue weighted by Gasteiger charge is 2.45. The fourth-order valence-corrected chi connectivity index (χ4v) is 3.85. The van der Waals surface area contributed by atoms with E-state index in [-0.39, 0.29) is 11.3 Å². The van der Waals surface area contributed by atoms with Crippen LogP contribution in [-0.2, 0) is 9.59 Å². The Morgan fingerprint density at radius 3 is 2.34 bits per heavy atom. The zero-order chi connectivity index (χ0) is 23.1. The molecule has 3 rings (SSSR count). The number of carbonyl (C=O) groups excluding carboxylic acids is 2. The van der Waals surface area contributed by atoms with Crippen molar-refractivity contribution in [2.24, 2.45) is 0 Å². The highest BCUT2D eigenvalue weighted by atomic mass is 16.5. The largest absolute Gasteiger partial charge is 0.507 e. The monoisotopic (exact) mass is 436 g/mol.